The maximum Gasteiger partial charge on any atom is 0.259 e. The highest BCUT2D eigenvalue weighted by Crippen LogP contribution is 2.26. The lowest BCUT2D eigenvalue weighted by Crippen LogP contribution is -2.26. The maximum atomic E-state index is 14.0. The third kappa shape index (κ3) is 3.44. The zero-order valence-corrected chi connectivity index (χ0v) is 16.0. The van der Waals surface area contributed by atoms with Crippen LogP contribution in [-0.2, 0) is 13.0 Å². The molecular formula is C21H19FN4O3. The van der Waals surface area contributed by atoms with Crippen LogP contribution in [0.15, 0.2) is 53.3 Å². The fourth-order valence-corrected chi connectivity index (χ4v) is 3.22. The maximum absolute atomic E-state index is 14.0. The molecule has 0 saturated heterocycles. The number of amides is 1. The molecule has 0 aliphatic heterocycles. The molecule has 3 aromatic heterocycles. The minimum Gasteiger partial charge on any atom is -0.493 e. The number of aromatic hydroxyl groups is 1. The smallest absolute Gasteiger partial charge is 0.259 e. The molecule has 1 aromatic carbocycles. The first kappa shape index (κ1) is 18.7. The van der Waals surface area contributed by atoms with Gasteiger partial charge in [-0.1, -0.05) is 18.2 Å². The Labute approximate surface area is 166 Å². The summed E-state index contributed by atoms with van der Waals surface area (Å²) in [4.78, 5) is 18.8. The second kappa shape index (κ2) is 7.38. The predicted molar refractivity (Wildman–Crippen MR) is 103 cm³/mol. The molecule has 8 heteroatoms. The van der Waals surface area contributed by atoms with Gasteiger partial charge in [0.15, 0.2) is 5.65 Å². The molecular weight excluding hydrogens is 375 g/mol. The van der Waals surface area contributed by atoms with Crippen molar-refractivity contribution in [3.05, 3.63) is 82.8 Å². The van der Waals surface area contributed by atoms with E-state index in [1.165, 1.54) is 21.7 Å². The summed E-state index contributed by atoms with van der Waals surface area (Å²) in [6.45, 7) is 2.00. The van der Waals surface area contributed by atoms with Crippen molar-refractivity contribution in [2.24, 2.45) is 0 Å². The largest absolute Gasteiger partial charge is 0.493 e. The molecule has 1 N–H and O–H groups in total. The molecule has 29 heavy (non-hydrogen) atoms. The Balaban J connectivity index is 1.68. The van der Waals surface area contributed by atoms with Gasteiger partial charge in [-0.05, 0) is 30.7 Å². The summed E-state index contributed by atoms with van der Waals surface area (Å²) >= 11 is 0. The van der Waals surface area contributed by atoms with E-state index in [1.54, 1.807) is 50.6 Å². The standard InChI is InChI=1S/C21H19FN4O3/c1-13-16(10-14-6-3-4-8-18(14)22)21(28)26-19(24-13)17(11-23-26)20(27)25(2)12-15-7-5-9-29-15/h3-9,11,28H,10,12H2,1-2H3. The fraction of sp³-hybridized carbons (Fsp3) is 0.190. The summed E-state index contributed by atoms with van der Waals surface area (Å²) in [5, 5.41) is 14.8. The van der Waals surface area contributed by atoms with Gasteiger partial charge in [0.2, 0.25) is 5.88 Å². The van der Waals surface area contributed by atoms with Crippen LogP contribution >= 0.6 is 0 Å². The summed E-state index contributed by atoms with van der Waals surface area (Å²) < 4.78 is 20.5. The number of benzene rings is 1. The van der Waals surface area contributed by atoms with Gasteiger partial charge in [-0.15, -0.1) is 0 Å². The number of fused-ring (bicyclic) bond motifs is 1. The SMILES string of the molecule is Cc1nc2c(C(=O)N(C)Cc3ccco3)cnn2c(O)c1Cc1ccccc1F. The molecule has 0 atom stereocenters. The fourth-order valence-electron chi connectivity index (χ4n) is 3.22. The number of aryl methyl sites for hydroxylation is 1. The Morgan fingerprint density at radius 2 is 2.07 bits per heavy atom. The Morgan fingerprint density at radius 3 is 2.79 bits per heavy atom. The van der Waals surface area contributed by atoms with Crippen molar-refractivity contribution >= 4 is 11.6 Å². The molecule has 0 fully saturated rings. The van der Waals surface area contributed by atoms with Crippen LogP contribution in [0, 0.1) is 12.7 Å². The van der Waals surface area contributed by atoms with Crippen molar-refractivity contribution in [1.29, 1.82) is 0 Å². The van der Waals surface area contributed by atoms with E-state index in [1.807, 2.05) is 0 Å². The lowest BCUT2D eigenvalue weighted by Gasteiger charge is -2.15. The summed E-state index contributed by atoms with van der Waals surface area (Å²) in [7, 11) is 1.65. The van der Waals surface area contributed by atoms with Gasteiger partial charge in [0, 0.05) is 24.7 Å². The van der Waals surface area contributed by atoms with Crippen LogP contribution in [0.3, 0.4) is 0 Å². The average molecular weight is 394 g/mol. The molecule has 0 radical (unpaired) electrons. The average Bonchev–Trinajstić information content (AvgIpc) is 3.35. The summed E-state index contributed by atoms with van der Waals surface area (Å²) in [5.74, 6) is -0.174. The minimum atomic E-state index is -0.359. The molecule has 0 unspecified atom stereocenters. The van der Waals surface area contributed by atoms with Crippen LogP contribution < -0.4 is 0 Å². The second-order valence-corrected chi connectivity index (χ2v) is 6.80. The predicted octanol–water partition coefficient (Wildman–Crippen LogP) is 3.34. The summed E-state index contributed by atoms with van der Waals surface area (Å²) in [5.41, 5.74) is 1.90. The Bertz CT molecular complexity index is 1180. The third-order valence-electron chi connectivity index (χ3n) is 4.80. The van der Waals surface area contributed by atoms with Gasteiger partial charge in [0.1, 0.15) is 17.1 Å². The molecule has 7 nitrogen and oxygen atoms in total. The highest BCUT2D eigenvalue weighted by molar-refractivity contribution is 5.99. The van der Waals surface area contributed by atoms with E-state index in [0.717, 1.165) is 0 Å². The molecule has 3 heterocycles. The Morgan fingerprint density at radius 1 is 1.28 bits per heavy atom. The Hall–Kier alpha value is -3.68. The van der Waals surface area contributed by atoms with Crippen LogP contribution in [-0.4, -0.2) is 37.6 Å². The van der Waals surface area contributed by atoms with Crippen molar-refractivity contribution in [3.8, 4) is 5.88 Å². The van der Waals surface area contributed by atoms with E-state index in [4.69, 9.17) is 4.42 Å². The first-order chi connectivity index (χ1) is 14.0. The number of carbonyl (C=O) groups excluding carboxylic acids is 1. The topological polar surface area (TPSA) is 83.9 Å². The van der Waals surface area contributed by atoms with Gasteiger partial charge < -0.3 is 14.4 Å². The number of halogens is 1. The highest BCUT2D eigenvalue weighted by atomic mass is 19.1. The van der Waals surface area contributed by atoms with Crippen LogP contribution in [0.5, 0.6) is 5.88 Å². The van der Waals surface area contributed by atoms with Gasteiger partial charge in [-0.25, -0.2) is 9.37 Å². The van der Waals surface area contributed by atoms with Crippen molar-refractivity contribution in [3.63, 3.8) is 0 Å². The highest BCUT2D eigenvalue weighted by Gasteiger charge is 2.23. The lowest BCUT2D eigenvalue weighted by molar-refractivity contribution is 0.0777. The van der Waals surface area contributed by atoms with E-state index in [-0.39, 0.29) is 35.2 Å². The number of nitrogens with zero attached hydrogens (tertiary/aromatic N) is 4. The van der Waals surface area contributed by atoms with Gasteiger partial charge >= 0.3 is 0 Å². The Kier molecular flexibility index (Phi) is 4.75. The lowest BCUT2D eigenvalue weighted by atomic mass is 10.0. The van der Waals surface area contributed by atoms with E-state index >= 15 is 0 Å². The molecule has 1 amide bonds. The van der Waals surface area contributed by atoms with Crippen LogP contribution in [0.4, 0.5) is 4.39 Å². The van der Waals surface area contributed by atoms with E-state index in [9.17, 15) is 14.3 Å². The van der Waals surface area contributed by atoms with E-state index in [2.05, 4.69) is 10.1 Å². The summed E-state index contributed by atoms with van der Waals surface area (Å²) in [6.07, 6.45) is 3.08. The number of hydrogen-bond acceptors (Lipinski definition) is 5. The zero-order valence-electron chi connectivity index (χ0n) is 16.0. The van der Waals surface area contributed by atoms with Gasteiger partial charge in [0.25, 0.3) is 5.91 Å². The number of furan rings is 1. The van der Waals surface area contributed by atoms with Crippen LogP contribution in [0.2, 0.25) is 0 Å². The molecule has 0 bridgehead atoms. The molecule has 0 saturated carbocycles. The first-order valence-electron chi connectivity index (χ1n) is 9.03. The van der Waals surface area contributed by atoms with E-state index in [0.29, 0.717) is 29.1 Å². The van der Waals surface area contributed by atoms with Gasteiger partial charge in [-0.3, -0.25) is 4.79 Å². The molecule has 0 aliphatic rings. The van der Waals surface area contributed by atoms with Gasteiger partial charge in [-0.2, -0.15) is 9.61 Å². The van der Waals surface area contributed by atoms with Gasteiger partial charge in [0.05, 0.1) is 19.0 Å². The summed E-state index contributed by atoms with van der Waals surface area (Å²) in [6, 6.07) is 9.90. The van der Waals surface area contributed by atoms with Crippen molar-refractivity contribution < 1.29 is 18.7 Å². The molecule has 148 valence electrons. The van der Waals surface area contributed by atoms with Crippen molar-refractivity contribution in [2.75, 3.05) is 7.05 Å². The molecule has 0 spiro atoms. The number of hydrogen-bond donors (Lipinski definition) is 1. The number of carbonyl (C=O) groups is 1. The molecule has 4 rings (SSSR count). The monoisotopic (exact) mass is 394 g/mol. The van der Waals surface area contributed by atoms with Crippen molar-refractivity contribution in [2.45, 2.75) is 19.9 Å². The van der Waals surface area contributed by atoms with Crippen LogP contribution in [0.25, 0.3) is 5.65 Å². The van der Waals surface area contributed by atoms with E-state index < -0.39 is 0 Å². The number of rotatable bonds is 5. The minimum absolute atomic E-state index is 0.162. The molecule has 0 aliphatic carbocycles. The normalized spacial score (nSPS) is 11.1. The zero-order chi connectivity index (χ0) is 20.5. The third-order valence-corrected chi connectivity index (χ3v) is 4.80. The van der Waals surface area contributed by atoms with Crippen LogP contribution in [0.1, 0.15) is 32.9 Å². The number of aromatic nitrogens is 3. The second-order valence-electron chi connectivity index (χ2n) is 6.80. The quantitative estimate of drug-likeness (QED) is 0.561. The molecule has 4 aromatic rings. The van der Waals surface area contributed by atoms with Crippen molar-refractivity contribution in [1.82, 2.24) is 19.5 Å². The first-order valence-corrected chi connectivity index (χ1v) is 9.03.